The summed E-state index contributed by atoms with van der Waals surface area (Å²) in [5.41, 5.74) is 17.0. The smallest absolute Gasteiger partial charge is 0.495 e. The van der Waals surface area contributed by atoms with Crippen LogP contribution in [0, 0.1) is 43.4 Å². The van der Waals surface area contributed by atoms with Crippen molar-refractivity contribution in [2.45, 2.75) is 237 Å². The van der Waals surface area contributed by atoms with Gasteiger partial charge in [0.25, 0.3) is 0 Å². The minimum absolute atomic E-state index is 0. The maximum atomic E-state index is 12.9. The number of aryl methyl sites for hydroxylation is 2. The van der Waals surface area contributed by atoms with Gasteiger partial charge in [-0.25, -0.2) is 34.5 Å². The molecular formula is C105H144B2Cl8F3IN12O15S. The van der Waals surface area contributed by atoms with E-state index in [1.54, 1.807) is 50.0 Å². The number of urea groups is 2. The third-order valence-electron chi connectivity index (χ3n) is 28.7. The molecule has 11 atom stereocenters. The number of pyridine rings is 5. The van der Waals surface area contributed by atoms with Crippen LogP contribution in [0.25, 0.3) is 16.7 Å². The highest BCUT2D eigenvalue weighted by Gasteiger charge is 2.61. The number of rotatable bonds is 18. The Morgan fingerprint density at radius 3 is 1.35 bits per heavy atom. The Labute approximate surface area is 923 Å². The fourth-order valence-corrected chi connectivity index (χ4v) is 20.4. The molecule has 6 unspecified atom stereocenters. The van der Waals surface area contributed by atoms with E-state index in [4.69, 9.17) is 161 Å². The predicted molar refractivity (Wildman–Crippen MR) is 582 cm³/mol. The van der Waals surface area contributed by atoms with Crippen LogP contribution in [0.4, 0.5) is 45.8 Å². The molecule has 7 aromatic rings. The van der Waals surface area contributed by atoms with Gasteiger partial charge >= 0.3 is 32.5 Å². The normalized spacial score (nSPS) is 24.3. The molecule has 27 nitrogen and oxygen atoms in total. The third-order valence-corrected chi connectivity index (χ3v) is 30.3. The lowest BCUT2D eigenvalue weighted by atomic mass is 9.75. The number of hydrogen-bond acceptors (Lipinski definition) is 23. The lowest BCUT2D eigenvalue weighted by Gasteiger charge is -2.32. The largest absolute Gasteiger partial charge is 1.00 e. The van der Waals surface area contributed by atoms with Crippen LogP contribution in [0.15, 0.2) is 115 Å². The van der Waals surface area contributed by atoms with E-state index in [9.17, 15) is 32.1 Å². The van der Waals surface area contributed by atoms with Crippen LogP contribution >= 0.6 is 92.8 Å². The van der Waals surface area contributed by atoms with Gasteiger partial charge in [0.05, 0.1) is 121 Å². The van der Waals surface area contributed by atoms with E-state index in [1.165, 1.54) is 22.5 Å². The van der Waals surface area contributed by atoms with Gasteiger partial charge in [-0.3, -0.25) is 0 Å². The first-order chi connectivity index (χ1) is 68.7. The molecule has 9 aliphatic heterocycles. The van der Waals surface area contributed by atoms with Crippen molar-refractivity contribution >= 4 is 163 Å². The molecule has 0 radical (unpaired) electrons. The van der Waals surface area contributed by atoms with Crippen LogP contribution in [0.2, 0.25) is 40.7 Å². The van der Waals surface area contributed by atoms with Crippen molar-refractivity contribution in [1.29, 1.82) is 0 Å². The number of halogens is 12. The fraction of sp³-hybridized carbons (Fsp3) is 0.590. The molecule has 2 aromatic carbocycles. The Morgan fingerprint density at radius 1 is 0.517 bits per heavy atom. The maximum absolute atomic E-state index is 12.9. The number of alkyl halides is 3. The standard InChI is InChI=1S/C28H38N4O3.C20H28BF3N2O3.C14H19ClN2O2.C11H19BO3.C11H11Cl2NO.C10H9Cl2NO.C5H2Cl3N.C3H9NO.C3H9OS.HI/c1-4-20-7-9-32(15-20)27(34)30-23-6-5-18(2)24(13-23)21-11-25(28-8-10-35-17-22(28)14-28)31-26(12-21)29-19(3)16-33;1-13-6-7-15(10-16(13)21-28-18(2,3)19(4,5)29-21)25-17(27)26-9-8-14(12-26)11-20(22,23)24;1-9(7-18)16-13-5-11(15)4-12(17-13)14-2-3-19-8-10(14)6-14;1-10(2)11(3,4)15-12(14-10)9-5-7-13-8-6-9;12-8-3-9(14-10(13)4-8)11-1-2-15-6-7(11)5-11;11-8-5-9(13-10(12)6-8)7-1-3-14-4-2-7;6-3-1-4(7)9-5(8)2-3;1-3(4)2-5;1-5(2,3)4;/h5-6,11-13,19-20,22,33H,4,7-10,14-17H2,1-3H3,(H,29,31)(H,30,34);6-7,10,14H,8-9,11-12H2,1-5H3,(H,25,27);4-5,9-10,18H,2-3,6-8H2,1H3,(H,16,17);5H,6-8H2,1-4H3;3-4,7H,1-2,5-6H2;1,5-6H,2-4H2;1-2H;3,5H,2,4H2,1H3;1-3H3;1H/q;;;;;;;;+1;/p-1/t19-,20-,22?,28?;14-;9-,10?,14?;;;;;3-;;/m101....1../s1. The number of carbonyl (C=O) groups excluding carboxylic acids is 2. The van der Waals surface area contributed by atoms with Gasteiger partial charge in [-0.05, 0) is 302 Å². The van der Waals surface area contributed by atoms with E-state index in [1.807, 2.05) is 95.8 Å². The number of nitrogens with zero attached hydrogens (tertiary/aromatic N) is 7. The van der Waals surface area contributed by atoms with Crippen molar-refractivity contribution in [1.82, 2.24) is 34.7 Å². The second-order valence-corrected chi connectivity index (χ2v) is 49.1. The number of ether oxygens (including phenoxy) is 5. The molecule has 42 heteroatoms. The first-order valence-corrected chi connectivity index (χ1v) is 55.7. The molecule has 12 aliphatic rings. The summed E-state index contributed by atoms with van der Waals surface area (Å²) in [5, 5.41) is 43.2. The van der Waals surface area contributed by atoms with E-state index in [-0.39, 0.29) is 109 Å². The van der Waals surface area contributed by atoms with Crippen LogP contribution in [0.3, 0.4) is 0 Å². The van der Waals surface area contributed by atoms with Gasteiger partial charge < -0.3 is 118 Å². The van der Waals surface area contributed by atoms with E-state index < -0.39 is 52.8 Å². The molecule has 5 aromatic heterocycles. The van der Waals surface area contributed by atoms with Crippen molar-refractivity contribution in [2.75, 3.05) is 152 Å². The third kappa shape index (κ3) is 35.7. The van der Waals surface area contributed by atoms with Gasteiger partial charge in [0, 0.05) is 118 Å². The molecule has 4 amide bonds. The van der Waals surface area contributed by atoms with Crippen LogP contribution in [0.5, 0.6) is 0 Å². The topological polar surface area (TPSA) is 340 Å². The van der Waals surface area contributed by atoms with Gasteiger partial charge in [0.1, 0.15) is 51.0 Å². The van der Waals surface area contributed by atoms with E-state index in [0.717, 1.165) is 204 Å². The molecule has 0 spiro atoms. The second kappa shape index (κ2) is 54.2. The zero-order valence-corrected chi connectivity index (χ0v) is 96.1. The number of nitrogens with one attached hydrogen (secondary N) is 4. The molecule has 14 heterocycles. The van der Waals surface area contributed by atoms with E-state index >= 15 is 0 Å². The fourth-order valence-electron chi connectivity index (χ4n) is 18.4. The molecule has 147 heavy (non-hydrogen) atoms. The second-order valence-electron chi connectivity index (χ2n) is 42.3. The number of fused-ring (bicyclic) bond motifs is 3. The first kappa shape index (κ1) is 123. The summed E-state index contributed by atoms with van der Waals surface area (Å²) >= 11 is 46.3. The van der Waals surface area contributed by atoms with Crippen LogP contribution in [-0.4, -0.2) is 254 Å². The number of amides is 4. The number of likely N-dealkylation sites (tertiary alicyclic amines) is 2. The lowest BCUT2D eigenvalue weighted by molar-refractivity contribution is -0.143. The highest BCUT2D eigenvalue weighted by atomic mass is 127. The van der Waals surface area contributed by atoms with Gasteiger partial charge in [-0.15, -0.1) is 4.21 Å². The minimum atomic E-state index is -4.20. The zero-order valence-electron chi connectivity index (χ0n) is 87.1. The van der Waals surface area contributed by atoms with Gasteiger partial charge in [0.15, 0.2) is 0 Å². The van der Waals surface area contributed by atoms with Crippen LogP contribution < -0.4 is 56.4 Å². The molecule has 9 N–H and O–H groups in total. The Morgan fingerprint density at radius 2 is 0.925 bits per heavy atom. The Bertz CT molecular complexity index is 5570. The number of anilines is 4. The van der Waals surface area contributed by atoms with Crippen molar-refractivity contribution in [3.63, 3.8) is 0 Å². The summed E-state index contributed by atoms with van der Waals surface area (Å²) in [7, 11) is -2.15. The summed E-state index contributed by atoms with van der Waals surface area (Å²) in [5.74, 6) is 3.33. The first-order valence-electron chi connectivity index (χ1n) is 49.9. The summed E-state index contributed by atoms with van der Waals surface area (Å²) in [6.45, 7) is 38.0. The predicted octanol–water partition coefficient (Wildman–Crippen LogP) is 19.1. The number of hydrogen-bond donors (Lipinski definition) is 8. The molecule has 810 valence electrons. The SMILES string of the molecule is CC1(C)OB(C2=CCOCC2)OC1(C)C.CC[C@@H]1CCN(C(=O)Nc2ccc(C)c(-c3cc(N[C@H](C)CO)nc(C45CCOCC4C5)c3)c2)C1.C[C@@H](N)CO.C[C@H](CO)Nc1cc(Cl)cc(C23CCOCC2C3)n1.C[S+](C)(C)=O.Cc1ccc(NC(=O)N2CC[C@@H](CC(F)(F)F)C2)cc1B1OC(C)(C)C(C)(C)O1.Clc1cc(Cl)nc(C23CCOCC2C3)c1.Clc1cc(Cl)nc(C2=CCOCC2)c1.Clc1cc(Cl)nc(Cl)c1.[I-]. The van der Waals surface area contributed by atoms with Crippen molar-refractivity contribution in [2.24, 2.45) is 35.3 Å². The lowest BCUT2D eigenvalue weighted by Crippen LogP contribution is -3.00. The number of benzene rings is 2. The van der Waals surface area contributed by atoms with Crippen LogP contribution in [0.1, 0.15) is 194 Å². The molecule has 19 rings (SSSR count). The number of aliphatic hydroxyl groups excluding tert-OH is 3. The van der Waals surface area contributed by atoms with Crippen LogP contribution in [-0.2, 0) is 72.7 Å². The van der Waals surface area contributed by atoms with E-state index in [2.05, 4.69) is 108 Å². The van der Waals surface area contributed by atoms with Gasteiger partial charge in [-0.1, -0.05) is 136 Å². The Kier molecular flexibility index (Phi) is 45.4. The number of nitrogens with two attached hydrogens (primary N) is 1. The molecule has 10 fully saturated rings. The average molecular weight is 2340 g/mol. The average Bonchev–Trinajstić information content (AvgIpc) is 1.57. The van der Waals surface area contributed by atoms with Crippen molar-refractivity contribution in [3.05, 3.63) is 189 Å². The molecule has 7 saturated heterocycles. The maximum Gasteiger partial charge on any atom is 0.495 e. The van der Waals surface area contributed by atoms with Crippen molar-refractivity contribution in [3.8, 4) is 11.1 Å². The van der Waals surface area contributed by atoms with Gasteiger partial charge in [-0.2, -0.15) is 13.2 Å². The Balaban J connectivity index is 0.000000179. The minimum Gasteiger partial charge on any atom is -1.00 e. The van der Waals surface area contributed by atoms with Gasteiger partial charge in [0.2, 0.25) is 0 Å². The molecule has 0 bridgehead atoms. The number of carbonyl (C=O) groups is 2. The molecule has 3 aliphatic carbocycles. The molecule has 3 saturated carbocycles. The Hall–Kier alpha value is -5.59. The summed E-state index contributed by atoms with van der Waals surface area (Å²) in [4.78, 5) is 50.8. The summed E-state index contributed by atoms with van der Waals surface area (Å²) < 4.78 is 99.2. The highest BCUT2D eigenvalue weighted by molar-refractivity contribution is 8.01. The highest BCUT2D eigenvalue weighted by Crippen LogP contribution is 2.61. The quantitative estimate of drug-likeness (QED) is 0.0171. The number of aromatic nitrogens is 5. The summed E-state index contributed by atoms with van der Waals surface area (Å²) in [6, 6.07) is 29.2. The van der Waals surface area contributed by atoms with E-state index in [0.29, 0.717) is 96.2 Å². The zero-order chi connectivity index (χ0) is 107. The summed E-state index contributed by atoms with van der Waals surface area (Å²) in [6.07, 6.45) is 15.0. The number of aliphatic hydroxyl groups is 3. The molecular weight excluding hydrogens is 2190 g/mol. The monoisotopic (exact) mass is 2330 g/mol. The van der Waals surface area contributed by atoms with Crippen molar-refractivity contribution < 1.29 is 109 Å².